The molecule has 0 aromatic rings. The Balaban J connectivity index is 0.000000180. The first-order valence-corrected chi connectivity index (χ1v) is 3.16. The molecule has 0 bridgehead atoms. The molecular formula is C6H12O4. The second-order valence-corrected chi connectivity index (χ2v) is 2.11. The molecule has 60 valence electrons. The highest BCUT2D eigenvalue weighted by Gasteiger charge is 2.07. The van der Waals surface area contributed by atoms with Crippen molar-refractivity contribution >= 4 is 6.16 Å². The van der Waals surface area contributed by atoms with Crippen LogP contribution in [0.2, 0.25) is 0 Å². The summed E-state index contributed by atoms with van der Waals surface area (Å²) in [4.78, 5) is 8.56. The fourth-order valence-corrected chi connectivity index (χ4v) is 0.739. The van der Waals surface area contributed by atoms with E-state index in [0.29, 0.717) is 6.10 Å². The van der Waals surface area contributed by atoms with E-state index < -0.39 is 6.16 Å². The minimum atomic E-state index is -1.83. The van der Waals surface area contributed by atoms with Crippen molar-refractivity contribution in [3.05, 3.63) is 0 Å². The Morgan fingerprint density at radius 1 is 1.60 bits per heavy atom. The summed E-state index contributed by atoms with van der Waals surface area (Å²) in [5, 5.41) is 13.9. The lowest BCUT2D eigenvalue weighted by atomic mass is 10.3. The van der Waals surface area contributed by atoms with Gasteiger partial charge in [0.25, 0.3) is 0 Å². The summed E-state index contributed by atoms with van der Waals surface area (Å²) in [6, 6.07) is 0. The average molecular weight is 148 g/mol. The number of hydrogen-bond donors (Lipinski definition) is 2. The van der Waals surface area contributed by atoms with Gasteiger partial charge in [0.05, 0.1) is 6.10 Å². The van der Waals surface area contributed by atoms with E-state index >= 15 is 0 Å². The molecule has 1 heterocycles. The number of carbonyl (C=O) groups is 1. The van der Waals surface area contributed by atoms with Gasteiger partial charge >= 0.3 is 6.16 Å². The van der Waals surface area contributed by atoms with E-state index in [1.807, 2.05) is 0 Å². The summed E-state index contributed by atoms with van der Waals surface area (Å²) in [6.07, 6.45) is 1.24. The van der Waals surface area contributed by atoms with Crippen LogP contribution in [-0.2, 0) is 4.74 Å². The summed E-state index contributed by atoms with van der Waals surface area (Å²) in [7, 11) is 0. The largest absolute Gasteiger partial charge is 0.503 e. The van der Waals surface area contributed by atoms with Gasteiger partial charge in [0.1, 0.15) is 0 Å². The van der Waals surface area contributed by atoms with Crippen LogP contribution in [0.5, 0.6) is 0 Å². The summed E-state index contributed by atoms with van der Waals surface area (Å²) in [6.45, 7) is 3.11. The molecule has 1 rings (SSSR count). The minimum absolute atomic E-state index is 0.546. The molecule has 0 aliphatic carbocycles. The van der Waals surface area contributed by atoms with E-state index in [1.165, 1.54) is 12.8 Å². The van der Waals surface area contributed by atoms with Crippen molar-refractivity contribution in [2.45, 2.75) is 25.9 Å². The van der Waals surface area contributed by atoms with Gasteiger partial charge in [0.15, 0.2) is 0 Å². The van der Waals surface area contributed by atoms with Crippen LogP contribution >= 0.6 is 0 Å². The normalized spacial score (nSPS) is 23.1. The van der Waals surface area contributed by atoms with Gasteiger partial charge in [-0.3, -0.25) is 0 Å². The second-order valence-electron chi connectivity index (χ2n) is 2.11. The van der Waals surface area contributed by atoms with Crippen LogP contribution in [0.25, 0.3) is 0 Å². The topological polar surface area (TPSA) is 66.8 Å². The summed E-state index contributed by atoms with van der Waals surface area (Å²) in [5.74, 6) is 0. The Bertz CT molecular complexity index is 91.9. The van der Waals surface area contributed by atoms with Gasteiger partial charge in [-0.05, 0) is 19.8 Å². The Hall–Kier alpha value is -0.770. The van der Waals surface area contributed by atoms with E-state index in [9.17, 15) is 0 Å². The van der Waals surface area contributed by atoms with E-state index in [1.54, 1.807) is 0 Å². The first kappa shape index (κ1) is 9.23. The standard InChI is InChI=1S/C5H10O.CH2O3/c1-5-3-2-4-6-5;2-1(3)4/h5H,2-4H2,1H3;(H2,2,3,4). The first-order chi connectivity index (χ1) is 4.63. The molecule has 1 aliphatic heterocycles. The van der Waals surface area contributed by atoms with Gasteiger partial charge in [-0.1, -0.05) is 0 Å². The molecule has 4 heteroatoms. The molecular weight excluding hydrogens is 136 g/mol. The fraction of sp³-hybridized carbons (Fsp3) is 0.833. The van der Waals surface area contributed by atoms with Gasteiger partial charge in [0.2, 0.25) is 0 Å². The second kappa shape index (κ2) is 5.05. The van der Waals surface area contributed by atoms with Crippen molar-refractivity contribution in [1.29, 1.82) is 0 Å². The quantitative estimate of drug-likeness (QED) is 0.545. The lowest BCUT2D eigenvalue weighted by Crippen LogP contribution is -1.94. The molecule has 0 spiro atoms. The third-order valence-electron chi connectivity index (χ3n) is 1.16. The van der Waals surface area contributed by atoms with Crippen LogP contribution in [0.3, 0.4) is 0 Å². The number of carboxylic acid groups (broad SMARTS) is 2. The zero-order valence-corrected chi connectivity index (χ0v) is 5.91. The van der Waals surface area contributed by atoms with Crippen molar-refractivity contribution in [3.63, 3.8) is 0 Å². The van der Waals surface area contributed by atoms with Crippen molar-refractivity contribution < 1.29 is 19.7 Å². The Morgan fingerprint density at radius 2 is 2.10 bits per heavy atom. The van der Waals surface area contributed by atoms with Crippen LogP contribution in [0.4, 0.5) is 4.79 Å². The van der Waals surface area contributed by atoms with Crippen LogP contribution in [0.15, 0.2) is 0 Å². The third-order valence-corrected chi connectivity index (χ3v) is 1.16. The van der Waals surface area contributed by atoms with E-state index in [0.717, 1.165) is 6.61 Å². The molecule has 1 unspecified atom stereocenters. The average Bonchev–Trinajstić information content (AvgIpc) is 2.15. The van der Waals surface area contributed by atoms with Crippen molar-refractivity contribution in [2.24, 2.45) is 0 Å². The maximum Gasteiger partial charge on any atom is 0.503 e. The van der Waals surface area contributed by atoms with Gasteiger partial charge in [-0.2, -0.15) is 0 Å². The highest BCUT2D eigenvalue weighted by Crippen LogP contribution is 2.09. The molecule has 1 saturated heterocycles. The minimum Gasteiger partial charge on any atom is -0.450 e. The Kier molecular flexibility index (Phi) is 4.66. The third kappa shape index (κ3) is 7.23. The maximum absolute atomic E-state index is 8.56. The molecule has 1 atom stereocenters. The summed E-state index contributed by atoms with van der Waals surface area (Å²) >= 11 is 0. The highest BCUT2D eigenvalue weighted by atomic mass is 16.6. The summed E-state index contributed by atoms with van der Waals surface area (Å²) in [5.41, 5.74) is 0. The van der Waals surface area contributed by atoms with E-state index in [-0.39, 0.29) is 0 Å². The molecule has 4 nitrogen and oxygen atoms in total. The lowest BCUT2D eigenvalue weighted by Gasteiger charge is -1.94. The Morgan fingerprint density at radius 3 is 2.20 bits per heavy atom. The van der Waals surface area contributed by atoms with Crippen LogP contribution in [-0.4, -0.2) is 29.1 Å². The SMILES string of the molecule is CC1CCCO1.O=C(O)O. The first-order valence-electron chi connectivity index (χ1n) is 3.16. The van der Waals surface area contributed by atoms with E-state index in [2.05, 4.69) is 6.92 Å². The van der Waals surface area contributed by atoms with Crippen molar-refractivity contribution in [3.8, 4) is 0 Å². The zero-order valence-electron chi connectivity index (χ0n) is 5.91. The molecule has 0 amide bonds. The molecule has 0 aromatic carbocycles. The maximum atomic E-state index is 8.56. The smallest absolute Gasteiger partial charge is 0.450 e. The van der Waals surface area contributed by atoms with Gasteiger partial charge < -0.3 is 14.9 Å². The highest BCUT2D eigenvalue weighted by molar-refractivity contribution is 5.53. The van der Waals surface area contributed by atoms with Crippen LogP contribution in [0.1, 0.15) is 19.8 Å². The number of hydrogen-bond acceptors (Lipinski definition) is 2. The lowest BCUT2D eigenvalue weighted by molar-refractivity contribution is 0.125. The fourth-order valence-electron chi connectivity index (χ4n) is 0.739. The van der Waals surface area contributed by atoms with Gasteiger partial charge in [0, 0.05) is 6.61 Å². The van der Waals surface area contributed by atoms with Crippen LogP contribution in [0, 0.1) is 0 Å². The summed E-state index contributed by atoms with van der Waals surface area (Å²) < 4.78 is 5.15. The Labute approximate surface area is 59.4 Å². The molecule has 1 fully saturated rings. The number of rotatable bonds is 0. The molecule has 1 aliphatic rings. The number of ether oxygens (including phenoxy) is 1. The van der Waals surface area contributed by atoms with Crippen molar-refractivity contribution in [1.82, 2.24) is 0 Å². The molecule has 0 radical (unpaired) electrons. The van der Waals surface area contributed by atoms with E-state index in [4.69, 9.17) is 19.7 Å². The van der Waals surface area contributed by atoms with Crippen molar-refractivity contribution in [2.75, 3.05) is 6.61 Å². The molecule has 0 aromatic heterocycles. The predicted molar refractivity (Wildman–Crippen MR) is 35.3 cm³/mol. The molecule has 10 heavy (non-hydrogen) atoms. The molecule has 2 N–H and O–H groups in total. The zero-order chi connectivity index (χ0) is 7.98. The van der Waals surface area contributed by atoms with Gasteiger partial charge in [-0.25, -0.2) is 4.79 Å². The van der Waals surface area contributed by atoms with Gasteiger partial charge in [-0.15, -0.1) is 0 Å². The monoisotopic (exact) mass is 148 g/mol. The van der Waals surface area contributed by atoms with Crippen LogP contribution < -0.4 is 0 Å². The predicted octanol–water partition coefficient (Wildman–Crippen LogP) is 1.41. The molecule has 0 saturated carbocycles.